The van der Waals surface area contributed by atoms with Crippen molar-refractivity contribution in [3.05, 3.63) is 0 Å². The number of carbonyl (C=O) groups excluding carboxylic acids is 1. The van der Waals surface area contributed by atoms with E-state index in [1.54, 1.807) is 0 Å². The Bertz CT molecular complexity index is 332. The topological polar surface area (TPSA) is 92.5 Å². The number of hydrogen-bond acceptors (Lipinski definition) is 7. The zero-order valence-corrected chi connectivity index (χ0v) is 15.5. The summed E-state index contributed by atoms with van der Waals surface area (Å²) < 4.78 is 26.8. The number of hydrogen-bond donors (Lipinski definition) is 1. The summed E-state index contributed by atoms with van der Waals surface area (Å²) in [5.41, 5.74) is 5.30. The molecular weight excluding hydrogens is 328 g/mol. The summed E-state index contributed by atoms with van der Waals surface area (Å²) >= 11 is 0. The largest absolute Gasteiger partial charge is 0.378 e. The SMILES string of the molecule is CC1CCC(=O)N1CCOCCOCCOCCOCCOCCN. The molecule has 148 valence electrons. The molecule has 0 aliphatic carbocycles. The van der Waals surface area contributed by atoms with Crippen molar-refractivity contribution in [3.8, 4) is 0 Å². The first kappa shape index (κ1) is 22.3. The van der Waals surface area contributed by atoms with Crippen LogP contribution in [0, 0.1) is 0 Å². The van der Waals surface area contributed by atoms with E-state index >= 15 is 0 Å². The molecule has 2 N–H and O–H groups in total. The molecule has 0 aromatic carbocycles. The molecule has 1 amide bonds. The highest BCUT2D eigenvalue weighted by atomic mass is 16.6. The number of nitrogens with zero attached hydrogens (tertiary/aromatic N) is 1. The lowest BCUT2D eigenvalue weighted by molar-refractivity contribution is -0.129. The minimum absolute atomic E-state index is 0.233. The van der Waals surface area contributed by atoms with E-state index in [0.717, 1.165) is 6.42 Å². The van der Waals surface area contributed by atoms with Crippen molar-refractivity contribution in [2.75, 3.05) is 79.2 Å². The van der Waals surface area contributed by atoms with Crippen LogP contribution in [-0.2, 0) is 28.5 Å². The van der Waals surface area contributed by atoms with Crippen LogP contribution in [0.1, 0.15) is 19.8 Å². The predicted molar refractivity (Wildman–Crippen MR) is 93.6 cm³/mol. The Morgan fingerprint density at radius 2 is 1.28 bits per heavy atom. The van der Waals surface area contributed by atoms with Crippen molar-refractivity contribution in [1.29, 1.82) is 0 Å². The minimum atomic E-state index is 0.233. The van der Waals surface area contributed by atoms with E-state index in [4.69, 9.17) is 29.4 Å². The van der Waals surface area contributed by atoms with Gasteiger partial charge in [0.2, 0.25) is 5.91 Å². The fourth-order valence-corrected chi connectivity index (χ4v) is 2.45. The van der Waals surface area contributed by atoms with Crippen LogP contribution < -0.4 is 5.73 Å². The number of ether oxygens (including phenoxy) is 5. The molecule has 1 atom stereocenters. The zero-order valence-electron chi connectivity index (χ0n) is 15.5. The van der Waals surface area contributed by atoms with Gasteiger partial charge in [0.15, 0.2) is 0 Å². The van der Waals surface area contributed by atoms with Crippen molar-refractivity contribution in [2.45, 2.75) is 25.8 Å². The Morgan fingerprint density at radius 1 is 0.840 bits per heavy atom. The molecule has 1 aliphatic heterocycles. The molecule has 1 saturated heterocycles. The average molecular weight is 362 g/mol. The smallest absolute Gasteiger partial charge is 0.222 e. The first-order valence-electron chi connectivity index (χ1n) is 9.14. The summed E-state index contributed by atoms with van der Waals surface area (Å²) in [6.07, 6.45) is 1.62. The lowest BCUT2D eigenvalue weighted by atomic mass is 10.2. The van der Waals surface area contributed by atoms with E-state index in [-0.39, 0.29) is 5.91 Å². The second-order valence-corrected chi connectivity index (χ2v) is 5.83. The molecule has 1 aliphatic rings. The second kappa shape index (κ2) is 15.5. The molecule has 0 bridgehead atoms. The minimum Gasteiger partial charge on any atom is -0.378 e. The van der Waals surface area contributed by atoms with Crippen molar-refractivity contribution in [2.24, 2.45) is 5.73 Å². The first-order valence-corrected chi connectivity index (χ1v) is 9.14. The summed E-state index contributed by atoms with van der Waals surface area (Å²) in [5.74, 6) is 0.233. The highest BCUT2D eigenvalue weighted by molar-refractivity contribution is 5.78. The molecule has 8 heteroatoms. The quantitative estimate of drug-likeness (QED) is 0.365. The van der Waals surface area contributed by atoms with Gasteiger partial charge in [-0.05, 0) is 13.3 Å². The Morgan fingerprint density at radius 3 is 1.68 bits per heavy atom. The van der Waals surface area contributed by atoms with Crippen LogP contribution in [0.2, 0.25) is 0 Å². The molecule has 1 fully saturated rings. The average Bonchev–Trinajstić information content (AvgIpc) is 2.93. The Labute approximate surface area is 150 Å². The fraction of sp³-hybridized carbons (Fsp3) is 0.941. The van der Waals surface area contributed by atoms with Gasteiger partial charge in [0.25, 0.3) is 0 Å². The van der Waals surface area contributed by atoms with E-state index in [2.05, 4.69) is 6.92 Å². The number of carbonyl (C=O) groups is 1. The summed E-state index contributed by atoms with van der Waals surface area (Å²) in [6.45, 7) is 8.73. The summed E-state index contributed by atoms with van der Waals surface area (Å²) in [7, 11) is 0. The van der Waals surface area contributed by atoms with Gasteiger partial charge in [0.1, 0.15) is 0 Å². The van der Waals surface area contributed by atoms with E-state index in [1.807, 2.05) is 4.90 Å². The third-order valence-corrected chi connectivity index (χ3v) is 3.86. The van der Waals surface area contributed by atoms with Gasteiger partial charge in [-0.1, -0.05) is 0 Å². The first-order chi connectivity index (χ1) is 12.3. The van der Waals surface area contributed by atoms with Crippen LogP contribution in [0.3, 0.4) is 0 Å². The normalized spacial score (nSPS) is 17.6. The highest BCUT2D eigenvalue weighted by Crippen LogP contribution is 2.16. The number of likely N-dealkylation sites (tertiary alicyclic amines) is 1. The van der Waals surface area contributed by atoms with Crippen LogP contribution in [-0.4, -0.2) is 96.0 Å². The number of nitrogens with two attached hydrogens (primary N) is 1. The number of rotatable bonds is 17. The summed E-state index contributed by atoms with van der Waals surface area (Å²) in [6, 6.07) is 0.340. The number of amides is 1. The predicted octanol–water partition coefficient (Wildman–Crippen LogP) is 0.0390. The van der Waals surface area contributed by atoms with Gasteiger partial charge in [-0.3, -0.25) is 4.79 Å². The van der Waals surface area contributed by atoms with Gasteiger partial charge in [-0.25, -0.2) is 0 Å². The molecular formula is C17H34N2O6. The molecule has 8 nitrogen and oxygen atoms in total. The molecule has 0 aromatic heterocycles. The zero-order chi connectivity index (χ0) is 18.2. The molecule has 0 spiro atoms. The van der Waals surface area contributed by atoms with Crippen molar-refractivity contribution >= 4 is 5.91 Å². The fourth-order valence-electron chi connectivity index (χ4n) is 2.45. The van der Waals surface area contributed by atoms with Crippen molar-refractivity contribution < 1.29 is 28.5 Å². The van der Waals surface area contributed by atoms with Crippen molar-refractivity contribution in [1.82, 2.24) is 4.90 Å². The maximum atomic E-state index is 11.6. The summed E-state index contributed by atoms with van der Waals surface area (Å²) in [4.78, 5) is 13.5. The van der Waals surface area contributed by atoms with Gasteiger partial charge in [-0.15, -0.1) is 0 Å². The van der Waals surface area contributed by atoms with Gasteiger partial charge in [-0.2, -0.15) is 0 Å². The van der Waals surface area contributed by atoms with Crippen LogP contribution in [0.4, 0.5) is 0 Å². The molecule has 0 saturated carbocycles. The second-order valence-electron chi connectivity index (χ2n) is 5.83. The van der Waals surface area contributed by atoms with Crippen LogP contribution >= 0.6 is 0 Å². The molecule has 1 unspecified atom stereocenters. The maximum absolute atomic E-state index is 11.6. The van der Waals surface area contributed by atoms with E-state index in [9.17, 15) is 4.79 Å². The monoisotopic (exact) mass is 362 g/mol. The standard InChI is InChI=1S/C17H34N2O6/c1-16-2-3-17(20)19(16)5-7-22-9-11-24-13-15-25-14-12-23-10-8-21-6-4-18/h16H,2-15,18H2,1H3. The molecule has 25 heavy (non-hydrogen) atoms. The van der Waals surface area contributed by atoms with Gasteiger partial charge in [0, 0.05) is 25.6 Å². The van der Waals surface area contributed by atoms with E-state index in [1.165, 1.54) is 0 Å². The molecule has 1 heterocycles. The molecule has 0 aromatic rings. The Kier molecular flexibility index (Phi) is 13.8. The third-order valence-electron chi connectivity index (χ3n) is 3.86. The van der Waals surface area contributed by atoms with E-state index < -0.39 is 0 Å². The van der Waals surface area contributed by atoms with Gasteiger partial charge < -0.3 is 34.3 Å². The lowest BCUT2D eigenvalue weighted by Crippen LogP contribution is -2.34. The van der Waals surface area contributed by atoms with Crippen LogP contribution in [0.5, 0.6) is 0 Å². The van der Waals surface area contributed by atoms with Crippen LogP contribution in [0.15, 0.2) is 0 Å². The van der Waals surface area contributed by atoms with Crippen LogP contribution in [0.25, 0.3) is 0 Å². The van der Waals surface area contributed by atoms with E-state index in [0.29, 0.717) is 91.6 Å². The molecule has 0 radical (unpaired) electrons. The lowest BCUT2D eigenvalue weighted by Gasteiger charge is -2.21. The third kappa shape index (κ3) is 11.5. The highest BCUT2D eigenvalue weighted by Gasteiger charge is 2.26. The van der Waals surface area contributed by atoms with Crippen molar-refractivity contribution in [3.63, 3.8) is 0 Å². The summed E-state index contributed by atoms with van der Waals surface area (Å²) in [5, 5.41) is 0. The molecule has 1 rings (SSSR count). The van der Waals surface area contributed by atoms with Gasteiger partial charge >= 0.3 is 0 Å². The maximum Gasteiger partial charge on any atom is 0.222 e. The Balaban J connectivity index is 1.73. The van der Waals surface area contributed by atoms with Gasteiger partial charge in [0.05, 0.1) is 66.1 Å². The Hall–Kier alpha value is -0.770.